The van der Waals surface area contributed by atoms with Gasteiger partial charge in [-0.3, -0.25) is 29.0 Å². The summed E-state index contributed by atoms with van der Waals surface area (Å²) in [6.07, 6.45) is 1.64. The van der Waals surface area contributed by atoms with Gasteiger partial charge in [-0.2, -0.15) is 4.98 Å². The van der Waals surface area contributed by atoms with Crippen molar-refractivity contribution in [3.63, 3.8) is 0 Å². The van der Waals surface area contributed by atoms with Gasteiger partial charge in [0.2, 0.25) is 5.95 Å². The normalized spacial score (nSPS) is 25.8. The van der Waals surface area contributed by atoms with Crippen molar-refractivity contribution in [2.24, 2.45) is 0 Å². The lowest BCUT2D eigenvalue weighted by Crippen LogP contribution is -2.19. The van der Waals surface area contributed by atoms with E-state index in [0.29, 0.717) is 24.1 Å². The van der Waals surface area contributed by atoms with Gasteiger partial charge >= 0.3 is 7.82 Å². The van der Waals surface area contributed by atoms with Crippen molar-refractivity contribution >= 4 is 42.2 Å². The Morgan fingerprint density at radius 3 is 3.07 bits per heavy atom. The molecule has 3 atom stereocenters. The van der Waals surface area contributed by atoms with Crippen LogP contribution in [-0.2, 0) is 13.8 Å². The second-order valence-corrected chi connectivity index (χ2v) is 9.27. The number of nitrogens with zero attached hydrogens (tertiary/aromatic N) is 3. The van der Waals surface area contributed by atoms with Crippen LogP contribution < -0.4 is 10.9 Å². The summed E-state index contributed by atoms with van der Waals surface area (Å²) in [6.45, 7) is 0. The first-order valence-corrected chi connectivity index (χ1v) is 11.4. The Kier molecular flexibility index (Phi) is 4.43. The first-order valence-electron chi connectivity index (χ1n) is 8.98. The molecule has 2 aliphatic rings. The third kappa shape index (κ3) is 3.49. The Morgan fingerprint density at radius 1 is 1.50 bits per heavy atom. The zero-order valence-corrected chi connectivity index (χ0v) is 16.9. The average Bonchev–Trinajstić information content (AvgIpc) is 3.15. The summed E-state index contributed by atoms with van der Waals surface area (Å²) in [5.41, 5.74) is -0.954. The van der Waals surface area contributed by atoms with Crippen LogP contribution in [0.5, 0.6) is 0 Å². The van der Waals surface area contributed by atoms with Crippen LogP contribution in [0.25, 0.3) is 11.2 Å². The summed E-state index contributed by atoms with van der Waals surface area (Å²) >= 11 is 1.26. The molecular formula is C16H16N5O7PS. The van der Waals surface area contributed by atoms with E-state index in [4.69, 9.17) is 19.0 Å². The van der Waals surface area contributed by atoms with Gasteiger partial charge in [0.25, 0.3) is 11.5 Å². The maximum atomic E-state index is 12.4. The molecule has 12 nitrogen and oxygen atoms in total. The quantitative estimate of drug-likeness (QED) is 0.417. The van der Waals surface area contributed by atoms with Crippen molar-refractivity contribution in [2.75, 3.05) is 5.32 Å². The van der Waals surface area contributed by atoms with Crippen LogP contribution in [-0.4, -0.2) is 46.9 Å². The number of nitrogens with one attached hydrogen (secondary N) is 2. The summed E-state index contributed by atoms with van der Waals surface area (Å²) in [5.74, 6) is -0.417. The molecule has 1 aliphatic heterocycles. The number of imidazole rings is 1. The molecule has 158 valence electrons. The van der Waals surface area contributed by atoms with Gasteiger partial charge in [-0.25, -0.2) is 9.55 Å². The van der Waals surface area contributed by atoms with Gasteiger partial charge in [0, 0.05) is 6.42 Å². The van der Waals surface area contributed by atoms with E-state index in [0.717, 1.165) is 0 Å². The molecule has 4 N–H and O–H groups in total. The van der Waals surface area contributed by atoms with Crippen LogP contribution in [0.1, 0.15) is 35.2 Å². The first-order chi connectivity index (χ1) is 14.2. The summed E-state index contributed by atoms with van der Waals surface area (Å²) in [5, 5.41) is 4.32. The van der Waals surface area contributed by atoms with Gasteiger partial charge in [-0.05, 0) is 24.3 Å². The highest BCUT2D eigenvalue weighted by molar-refractivity contribution is 7.46. The molecule has 0 radical (unpaired) electrons. The predicted octanol–water partition coefficient (Wildman–Crippen LogP) is 1.36. The molecule has 1 aliphatic carbocycles. The van der Waals surface area contributed by atoms with Gasteiger partial charge in [0.05, 0.1) is 11.2 Å². The van der Waals surface area contributed by atoms with Crippen molar-refractivity contribution in [2.45, 2.75) is 37.2 Å². The van der Waals surface area contributed by atoms with E-state index in [1.54, 1.807) is 22.1 Å². The SMILES string of the molecule is O=C(Nc1nc2c(ncn2[C@H]2CCC3(CC3OP(=O)(O)O)O2)c(=O)[nH]1)c1cccs1. The Morgan fingerprint density at radius 2 is 2.33 bits per heavy atom. The Balaban J connectivity index is 1.39. The van der Waals surface area contributed by atoms with Crippen molar-refractivity contribution in [3.05, 3.63) is 39.1 Å². The summed E-state index contributed by atoms with van der Waals surface area (Å²) in [7, 11) is -4.60. The number of rotatable bonds is 5. The van der Waals surface area contributed by atoms with E-state index in [1.165, 1.54) is 17.7 Å². The largest absolute Gasteiger partial charge is 0.469 e. The van der Waals surface area contributed by atoms with E-state index in [-0.39, 0.29) is 17.1 Å². The van der Waals surface area contributed by atoms with Gasteiger partial charge < -0.3 is 14.5 Å². The third-order valence-corrected chi connectivity index (χ3v) is 6.52. The molecule has 1 amide bonds. The molecule has 1 spiro atoms. The van der Waals surface area contributed by atoms with Crippen molar-refractivity contribution in [1.82, 2.24) is 19.5 Å². The number of thiophene rings is 1. The number of aromatic amines is 1. The molecule has 3 aromatic heterocycles. The predicted molar refractivity (Wildman–Crippen MR) is 104 cm³/mol. The second-order valence-electron chi connectivity index (χ2n) is 7.13. The lowest BCUT2D eigenvalue weighted by atomic mass is 10.2. The van der Waals surface area contributed by atoms with Gasteiger partial charge in [0.1, 0.15) is 17.9 Å². The maximum Gasteiger partial charge on any atom is 0.469 e. The highest BCUT2D eigenvalue weighted by Gasteiger charge is 2.63. The number of hydrogen-bond donors (Lipinski definition) is 4. The molecule has 3 aromatic rings. The Hall–Kier alpha value is -2.41. The van der Waals surface area contributed by atoms with Gasteiger partial charge in [-0.15, -0.1) is 11.3 Å². The van der Waals surface area contributed by atoms with E-state index in [9.17, 15) is 14.2 Å². The van der Waals surface area contributed by atoms with Crippen LogP contribution in [0.15, 0.2) is 28.6 Å². The number of amides is 1. The van der Waals surface area contributed by atoms with Crippen LogP contribution in [0, 0.1) is 0 Å². The molecule has 1 saturated carbocycles. The molecule has 4 heterocycles. The Labute approximate surface area is 172 Å². The summed E-state index contributed by atoms with van der Waals surface area (Å²) < 4.78 is 23.4. The van der Waals surface area contributed by atoms with Crippen LogP contribution in [0.2, 0.25) is 0 Å². The standard InChI is InChI=1S/C16H16N5O7PS/c22-13(8-2-1-5-30-8)19-15-18-12-11(14(23)20-15)17-7-21(12)10-3-4-16(27-10)6-9(16)28-29(24,25)26/h1-2,5,7,9-10H,3-4,6H2,(H2,24,25,26)(H2,18,19,20,22,23)/t9?,10-,16?/m1/s1. The Bertz CT molecular complexity index is 1230. The van der Waals surface area contributed by atoms with Crippen molar-refractivity contribution in [1.29, 1.82) is 0 Å². The minimum Gasteiger partial charge on any atom is -0.349 e. The monoisotopic (exact) mass is 453 g/mol. The van der Waals surface area contributed by atoms with Crippen LogP contribution in [0.4, 0.5) is 5.95 Å². The lowest BCUT2D eigenvalue weighted by molar-refractivity contribution is -0.0324. The number of hydrogen-bond acceptors (Lipinski definition) is 8. The number of ether oxygens (including phenoxy) is 1. The van der Waals surface area contributed by atoms with Gasteiger partial charge in [-0.1, -0.05) is 6.07 Å². The lowest BCUT2D eigenvalue weighted by Gasteiger charge is -2.16. The van der Waals surface area contributed by atoms with Crippen LogP contribution >= 0.6 is 19.2 Å². The molecule has 30 heavy (non-hydrogen) atoms. The average molecular weight is 453 g/mol. The molecule has 1 saturated heterocycles. The van der Waals surface area contributed by atoms with Gasteiger partial charge in [0.15, 0.2) is 11.2 Å². The van der Waals surface area contributed by atoms with Crippen LogP contribution in [0.3, 0.4) is 0 Å². The molecule has 14 heteroatoms. The second kappa shape index (κ2) is 6.80. The third-order valence-electron chi connectivity index (χ3n) is 5.13. The fourth-order valence-electron chi connectivity index (χ4n) is 3.67. The minimum absolute atomic E-state index is 0.0190. The summed E-state index contributed by atoms with van der Waals surface area (Å²) in [6, 6.07) is 3.39. The zero-order valence-electron chi connectivity index (χ0n) is 15.2. The number of fused-ring (bicyclic) bond motifs is 1. The molecule has 0 aromatic carbocycles. The number of carbonyl (C=O) groups is 1. The number of anilines is 1. The molecule has 5 rings (SSSR count). The van der Waals surface area contributed by atoms with E-state index in [2.05, 4.69) is 20.3 Å². The van der Waals surface area contributed by atoms with Crippen molar-refractivity contribution < 1.29 is 28.4 Å². The topological polar surface area (TPSA) is 169 Å². The van der Waals surface area contributed by atoms with E-state index >= 15 is 0 Å². The smallest absolute Gasteiger partial charge is 0.349 e. The number of carbonyl (C=O) groups excluding carboxylic acids is 1. The number of phosphoric ester groups is 1. The van der Waals surface area contributed by atoms with E-state index < -0.39 is 37.2 Å². The maximum absolute atomic E-state index is 12.4. The fraction of sp³-hybridized carbons (Fsp3) is 0.375. The highest BCUT2D eigenvalue weighted by Crippen LogP contribution is 2.58. The fourth-order valence-corrected chi connectivity index (χ4v) is 4.88. The number of phosphoric acid groups is 1. The molecule has 2 fully saturated rings. The van der Waals surface area contributed by atoms with E-state index in [1.807, 2.05) is 0 Å². The molecule has 0 bridgehead atoms. The first kappa shape index (κ1) is 19.5. The highest BCUT2D eigenvalue weighted by atomic mass is 32.1. The number of H-pyrrole nitrogens is 1. The summed E-state index contributed by atoms with van der Waals surface area (Å²) in [4.78, 5) is 54.0. The molecule has 2 unspecified atom stereocenters. The number of aromatic nitrogens is 4. The zero-order chi connectivity index (χ0) is 21.1. The molecular weight excluding hydrogens is 437 g/mol. The van der Waals surface area contributed by atoms with Crippen molar-refractivity contribution in [3.8, 4) is 0 Å². The minimum atomic E-state index is -4.60.